The van der Waals surface area contributed by atoms with E-state index in [2.05, 4.69) is 24.1 Å². The summed E-state index contributed by atoms with van der Waals surface area (Å²) in [5.41, 5.74) is 0. The van der Waals surface area contributed by atoms with Crippen LogP contribution in [0, 0.1) is 5.82 Å². The molecule has 1 heterocycles. The molecule has 6 nitrogen and oxygen atoms in total. The standard InChI is InChI=1S/C17H24FN3O3/c1-12(2)20-8-9-21(14(10-20)17(23)19-3)16(22)11-24-15-7-5-4-6-13(15)18/h4-7,12,14H,8-11H2,1-3H3,(H,19,23). The third kappa shape index (κ3) is 4.23. The molecule has 1 saturated heterocycles. The number of hydrogen-bond acceptors (Lipinski definition) is 4. The highest BCUT2D eigenvalue weighted by atomic mass is 19.1. The second kappa shape index (κ2) is 8.10. The minimum absolute atomic E-state index is 0.0307. The van der Waals surface area contributed by atoms with Gasteiger partial charge in [-0.1, -0.05) is 12.1 Å². The van der Waals surface area contributed by atoms with Crippen LogP contribution in [0.2, 0.25) is 0 Å². The first kappa shape index (κ1) is 18.2. The lowest BCUT2D eigenvalue weighted by molar-refractivity contribution is -0.145. The van der Waals surface area contributed by atoms with Crippen molar-refractivity contribution in [1.29, 1.82) is 0 Å². The van der Waals surface area contributed by atoms with E-state index in [0.717, 1.165) is 0 Å². The number of halogens is 1. The SMILES string of the molecule is CNC(=O)C1CN(C(C)C)CCN1C(=O)COc1ccccc1F. The Morgan fingerprint density at radius 3 is 2.67 bits per heavy atom. The lowest BCUT2D eigenvalue weighted by Crippen LogP contribution is -2.62. The van der Waals surface area contributed by atoms with Crippen molar-refractivity contribution in [3.63, 3.8) is 0 Å². The van der Waals surface area contributed by atoms with Crippen LogP contribution in [0.5, 0.6) is 5.75 Å². The van der Waals surface area contributed by atoms with E-state index in [1.165, 1.54) is 17.0 Å². The first-order valence-corrected chi connectivity index (χ1v) is 8.06. The number of amides is 2. The smallest absolute Gasteiger partial charge is 0.261 e. The second-order valence-corrected chi connectivity index (χ2v) is 6.02. The van der Waals surface area contributed by atoms with Gasteiger partial charge in [-0.2, -0.15) is 0 Å². The van der Waals surface area contributed by atoms with Crippen molar-refractivity contribution in [1.82, 2.24) is 15.1 Å². The van der Waals surface area contributed by atoms with Gasteiger partial charge in [0, 0.05) is 32.7 Å². The quantitative estimate of drug-likeness (QED) is 0.866. The van der Waals surface area contributed by atoms with Crippen molar-refractivity contribution in [2.75, 3.05) is 33.3 Å². The topological polar surface area (TPSA) is 61.9 Å². The third-order valence-corrected chi connectivity index (χ3v) is 4.20. The summed E-state index contributed by atoms with van der Waals surface area (Å²) in [5.74, 6) is -1.02. The molecule has 0 bridgehead atoms. The zero-order valence-electron chi connectivity index (χ0n) is 14.3. The Morgan fingerprint density at radius 2 is 2.04 bits per heavy atom. The van der Waals surface area contributed by atoms with Gasteiger partial charge in [-0.05, 0) is 26.0 Å². The predicted octanol–water partition coefficient (Wildman–Crippen LogP) is 0.872. The van der Waals surface area contributed by atoms with Gasteiger partial charge >= 0.3 is 0 Å². The highest BCUT2D eigenvalue weighted by molar-refractivity contribution is 5.88. The van der Waals surface area contributed by atoms with Crippen LogP contribution in [0.4, 0.5) is 4.39 Å². The van der Waals surface area contributed by atoms with E-state index >= 15 is 0 Å². The van der Waals surface area contributed by atoms with Crippen molar-refractivity contribution < 1.29 is 18.7 Å². The molecule has 1 fully saturated rings. The summed E-state index contributed by atoms with van der Waals surface area (Å²) < 4.78 is 18.8. The lowest BCUT2D eigenvalue weighted by Gasteiger charge is -2.42. The monoisotopic (exact) mass is 337 g/mol. The van der Waals surface area contributed by atoms with Crippen LogP contribution >= 0.6 is 0 Å². The highest BCUT2D eigenvalue weighted by Gasteiger charge is 2.35. The molecule has 0 spiro atoms. The zero-order valence-corrected chi connectivity index (χ0v) is 14.3. The van der Waals surface area contributed by atoms with Crippen molar-refractivity contribution in [3.05, 3.63) is 30.1 Å². The average Bonchev–Trinajstić information content (AvgIpc) is 2.59. The minimum Gasteiger partial charge on any atom is -0.481 e. The summed E-state index contributed by atoms with van der Waals surface area (Å²) in [6.45, 7) is 5.42. The van der Waals surface area contributed by atoms with Gasteiger partial charge in [-0.15, -0.1) is 0 Å². The zero-order chi connectivity index (χ0) is 17.7. The first-order valence-electron chi connectivity index (χ1n) is 8.06. The number of nitrogens with zero attached hydrogens (tertiary/aromatic N) is 2. The molecule has 1 unspecified atom stereocenters. The summed E-state index contributed by atoms with van der Waals surface area (Å²) in [5, 5.41) is 2.60. The molecule has 0 aromatic heterocycles. The van der Waals surface area contributed by atoms with Crippen LogP contribution < -0.4 is 10.1 Å². The summed E-state index contributed by atoms with van der Waals surface area (Å²) in [4.78, 5) is 28.3. The summed E-state index contributed by atoms with van der Waals surface area (Å²) in [6.07, 6.45) is 0. The van der Waals surface area contributed by atoms with Crippen LogP contribution in [0.3, 0.4) is 0 Å². The fourth-order valence-corrected chi connectivity index (χ4v) is 2.75. The summed E-state index contributed by atoms with van der Waals surface area (Å²) >= 11 is 0. The Labute approximate surface area is 141 Å². The van der Waals surface area contributed by atoms with E-state index in [9.17, 15) is 14.0 Å². The molecule has 0 aliphatic carbocycles. The molecule has 132 valence electrons. The number of para-hydroxylation sites is 1. The van der Waals surface area contributed by atoms with Gasteiger partial charge in [0.25, 0.3) is 5.91 Å². The molecule has 1 N–H and O–H groups in total. The van der Waals surface area contributed by atoms with Gasteiger partial charge in [0.15, 0.2) is 18.2 Å². The summed E-state index contributed by atoms with van der Waals surface area (Å²) in [7, 11) is 1.55. The number of piperazine rings is 1. The van der Waals surface area contributed by atoms with E-state index in [0.29, 0.717) is 25.7 Å². The maximum absolute atomic E-state index is 13.6. The number of carbonyl (C=O) groups is 2. The molecular formula is C17H24FN3O3. The van der Waals surface area contributed by atoms with Crippen molar-refractivity contribution in [2.45, 2.75) is 25.9 Å². The fraction of sp³-hybridized carbons (Fsp3) is 0.529. The van der Waals surface area contributed by atoms with Gasteiger partial charge in [0.1, 0.15) is 6.04 Å². The van der Waals surface area contributed by atoms with Crippen molar-refractivity contribution in [3.8, 4) is 5.75 Å². The molecule has 24 heavy (non-hydrogen) atoms. The Balaban J connectivity index is 2.03. The predicted molar refractivity (Wildman–Crippen MR) is 88.2 cm³/mol. The molecule has 0 radical (unpaired) electrons. The van der Waals surface area contributed by atoms with E-state index < -0.39 is 11.9 Å². The Bertz CT molecular complexity index is 594. The maximum atomic E-state index is 13.6. The normalized spacial score (nSPS) is 18.5. The van der Waals surface area contributed by atoms with E-state index in [-0.39, 0.29) is 24.2 Å². The Morgan fingerprint density at radius 1 is 1.33 bits per heavy atom. The molecule has 1 aromatic rings. The van der Waals surface area contributed by atoms with Gasteiger partial charge in [-0.3, -0.25) is 14.5 Å². The molecule has 7 heteroatoms. The fourth-order valence-electron chi connectivity index (χ4n) is 2.75. The number of rotatable bonds is 5. The van der Waals surface area contributed by atoms with E-state index in [1.807, 2.05) is 0 Å². The molecule has 1 aliphatic rings. The number of ether oxygens (including phenoxy) is 1. The molecule has 2 amide bonds. The van der Waals surface area contributed by atoms with Crippen LogP contribution in [-0.4, -0.2) is 67.0 Å². The number of benzene rings is 1. The van der Waals surface area contributed by atoms with Gasteiger partial charge in [0.2, 0.25) is 5.91 Å². The summed E-state index contributed by atoms with van der Waals surface area (Å²) in [6, 6.07) is 5.66. The van der Waals surface area contributed by atoms with Gasteiger partial charge in [0.05, 0.1) is 0 Å². The maximum Gasteiger partial charge on any atom is 0.261 e. The van der Waals surface area contributed by atoms with Crippen LogP contribution in [0.1, 0.15) is 13.8 Å². The van der Waals surface area contributed by atoms with E-state index in [4.69, 9.17) is 4.74 Å². The Hall–Kier alpha value is -2.15. The van der Waals surface area contributed by atoms with Gasteiger partial charge in [-0.25, -0.2) is 4.39 Å². The number of nitrogens with one attached hydrogen (secondary N) is 1. The van der Waals surface area contributed by atoms with Crippen molar-refractivity contribution in [2.24, 2.45) is 0 Å². The minimum atomic E-state index is -0.567. The lowest BCUT2D eigenvalue weighted by atomic mass is 10.1. The van der Waals surface area contributed by atoms with Gasteiger partial charge < -0.3 is 15.0 Å². The van der Waals surface area contributed by atoms with Crippen LogP contribution in [-0.2, 0) is 9.59 Å². The first-order chi connectivity index (χ1) is 11.4. The average molecular weight is 337 g/mol. The van der Waals surface area contributed by atoms with Crippen molar-refractivity contribution >= 4 is 11.8 Å². The van der Waals surface area contributed by atoms with Crippen LogP contribution in [0.15, 0.2) is 24.3 Å². The Kier molecular flexibility index (Phi) is 6.14. The molecule has 2 rings (SSSR count). The molecule has 1 aromatic carbocycles. The van der Waals surface area contributed by atoms with Crippen LogP contribution in [0.25, 0.3) is 0 Å². The molecule has 1 aliphatic heterocycles. The number of hydrogen-bond donors (Lipinski definition) is 1. The largest absolute Gasteiger partial charge is 0.481 e. The molecule has 0 saturated carbocycles. The third-order valence-electron chi connectivity index (χ3n) is 4.20. The number of likely N-dealkylation sites (N-methyl/N-ethyl adjacent to an activating group) is 1. The van der Waals surface area contributed by atoms with E-state index in [1.54, 1.807) is 19.2 Å². The number of carbonyl (C=O) groups excluding carboxylic acids is 2. The molecule has 1 atom stereocenters. The second-order valence-electron chi connectivity index (χ2n) is 6.02. The molecular weight excluding hydrogens is 313 g/mol. The highest BCUT2D eigenvalue weighted by Crippen LogP contribution is 2.17.